The molecule has 0 aromatic heterocycles. The van der Waals surface area contributed by atoms with Crippen LogP contribution in [0.3, 0.4) is 0 Å². The average Bonchev–Trinajstić information content (AvgIpc) is 2.40. The van der Waals surface area contributed by atoms with E-state index in [1.807, 2.05) is 24.3 Å². The third-order valence-corrected chi connectivity index (χ3v) is 4.09. The predicted octanol–water partition coefficient (Wildman–Crippen LogP) is 4.69. The molecule has 0 saturated carbocycles. The van der Waals surface area contributed by atoms with Crippen molar-refractivity contribution in [1.29, 1.82) is 0 Å². The van der Waals surface area contributed by atoms with Crippen molar-refractivity contribution in [3.05, 3.63) is 68.1 Å². The first-order valence-corrected chi connectivity index (χ1v) is 7.09. The number of rotatable bonds is 3. The quantitative estimate of drug-likeness (QED) is 0.847. The Morgan fingerprint density at radius 1 is 1.11 bits per heavy atom. The molecule has 0 bridgehead atoms. The second-order valence-corrected chi connectivity index (χ2v) is 5.57. The Hall–Kier alpha value is -1.03. The summed E-state index contributed by atoms with van der Waals surface area (Å²) in [4.78, 5) is 12.0. The number of hydrogen-bond acceptors (Lipinski definition) is 1. The standard InChI is InChI=1S/C14H10BrCl2NO/c15-11-4-2-1-3-10(11)8-18-14(19)9-5-6-12(16)13(17)7-9/h1-7H,8H2,(H,18,19). The van der Waals surface area contributed by atoms with Gasteiger partial charge in [0.05, 0.1) is 10.0 Å². The normalized spacial score (nSPS) is 10.3. The van der Waals surface area contributed by atoms with Gasteiger partial charge in [-0.3, -0.25) is 4.79 Å². The molecule has 2 aromatic carbocycles. The highest BCUT2D eigenvalue weighted by Crippen LogP contribution is 2.22. The van der Waals surface area contributed by atoms with Crippen molar-refractivity contribution < 1.29 is 4.79 Å². The van der Waals surface area contributed by atoms with Crippen molar-refractivity contribution in [1.82, 2.24) is 5.32 Å². The van der Waals surface area contributed by atoms with Gasteiger partial charge in [0.25, 0.3) is 5.91 Å². The lowest BCUT2D eigenvalue weighted by molar-refractivity contribution is 0.0951. The Bertz CT molecular complexity index is 616. The molecule has 5 heteroatoms. The van der Waals surface area contributed by atoms with Crippen molar-refractivity contribution in [2.75, 3.05) is 0 Å². The van der Waals surface area contributed by atoms with Crippen LogP contribution in [0.1, 0.15) is 15.9 Å². The molecule has 19 heavy (non-hydrogen) atoms. The Balaban J connectivity index is 2.05. The molecule has 1 N–H and O–H groups in total. The van der Waals surface area contributed by atoms with Crippen LogP contribution in [0.4, 0.5) is 0 Å². The number of carbonyl (C=O) groups is 1. The van der Waals surface area contributed by atoms with Gasteiger partial charge < -0.3 is 5.32 Å². The van der Waals surface area contributed by atoms with Crippen molar-refractivity contribution >= 4 is 45.0 Å². The van der Waals surface area contributed by atoms with E-state index in [1.54, 1.807) is 18.2 Å². The van der Waals surface area contributed by atoms with Gasteiger partial charge in [-0.15, -0.1) is 0 Å². The lowest BCUT2D eigenvalue weighted by Crippen LogP contribution is -2.22. The molecule has 2 aromatic rings. The third-order valence-electron chi connectivity index (χ3n) is 2.58. The molecule has 0 radical (unpaired) electrons. The Morgan fingerprint density at radius 2 is 1.84 bits per heavy atom. The molecule has 0 unspecified atom stereocenters. The second kappa shape index (κ2) is 6.42. The van der Waals surface area contributed by atoms with E-state index >= 15 is 0 Å². The van der Waals surface area contributed by atoms with Crippen LogP contribution in [0, 0.1) is 0 Å². The van der Waals surface area contributed by atoms with Gasteiger partial charge in [0.2, 0.25) is 0 Å². The molecule has 0 saturated heterocycles. The van der Waals surface area contributed by atoms with E-state index in [-0.39, 0.29) is 5.91 Å². The van der Waals surface area contributed by atoms with Crippen LogP contribution in [0.25, 0.3) is 0 Å². The van der Waals surface area contributed by atoms with Crippen LogP contribution in [0.2, 0.25) is 10.0 Å². The van der Waals surface area contributed by atoms with E-state index in [9.17, 15) is 4.79 Å². The minimum atomic E-state index is -0.186. The van der Waals surface area contributed by atoms with E-state index in [1.165, 1.54) is 0 Å². The maximum Gasteiger partial charge on any atom is 0.251 e. The van der Waals surface area contributed by atoms with E-state index < -0.39 is 0 Å². The topological polar surface area (TPSA) is 29.1 Å². The number of nitrogens with one attached hydrogen (secondary N) is 1. The zero-order valence-corrected chi connectivity index (χ0v) is 12.9. The summed E-state index contributed by atoms with van der Waals surface area (Å²) < 4.78 is 0.962. The summed E-state index contributed by atoms with van der Waals surface area (Å²) in [6.07, 6.45) is 0. The molecule has 0 aliphatic rings. The van der Waals surface area contributed by atoms with Crippen molar-refractivity contribution in [3.8, 4) is 0 Å². The SMILES string of the molecule is O=C(NCc1ccccc1Br)c1ccc(Cl)c(Cl)c1. The Labute approximate surface area is 129 Å². The summed E-state index contributed by atoms with van der Waals surface area (Å²) >= 11 is 15.1. The van der Waals surface area contributed by atoms with Gasteiger partial charge in [-0.1, -0.05) is 57.3 Å². The predicted molar refractivity (Wildman–Crippen MR) is 81.8 cm³/mol. The molecule has 2 rings (SSSR count). The number of hydrogen-bond donors (Lipinski definition) is 1. The van der Waals surface area contributed by atoms with E-state index in [2.05, 4.69) is 21.2 Å². The monoisotopic (exact) mass is 357 g/mol. The summed E-state index contributed by atoms with van der Waals surface area (Å²) in [6, 6.07) is 12.5. The van der Waals surface area contributed by atoms with Crippen LogP contribution in [-0.4, -0.2) is 5.91 Å². The van der Waals surface area contributed by atoms with Gasteiger partial charge >= 0.3 is 0 Å². The maximum absolute atomic E-state index is 12.0. The molecular weight excluding hydrogens is 349 g/mol. The Kier molecular flexibility index (Phi) is 4.86. The first-order chi connectivity index (χ1) is 9.08. The van der Waals surface area contributed by atoms with E-state index in [4.69, 9.17) is 23.2 Å². The van der Waals surface area contributed by atoms with Crippen LogP contribution in [-0.2, 0) is 6.54 Å². The number of benzene rings is 2. The maximum atomic E-state index is 12.0. The largest absolute Gasteiger partial charge is 0.348 e. The highest BCUT2D eigenvalue weighted by atomic mass is 79.9. The first kappa shape index (κ1) is 14.4. The summed E-state index contributed by atoms with van der Waals surface area (Å²) in [5.74, 6) is -0.186. The van der Waals surface area contributed by atoms with E-state index in [0.29, 0.717) is 22.2 Å². The van der Waals surface area contributed by atoms with Gasteiger partial charge in [0.15, 0.2) is 0 Å². The van der Waals surface area contributed by atoms with Crippen LogP contribution >= 0.6 is 39.1 Å². The fourth-order valence-electron chi connectivity index (χ4n) is 1.56. The molecule has 0 fully saturated rings. The molecular formula is C14H10BrCl2NO. The molecule has 1 amide bonds. The molecule has 0 atom stereocenters. The Morgan fingerprint density at radius 3 is 2.53 bits per heavy atom. The zero-order valence-electron chi connectivity index (χ0n) is 9.79. The molecule has 0 aliphatic heterocycles. The van der Waals surface area contributed by atoms with Crippen LogP contribution in [0.5, 0.6) is 0 Å². The number of halogens is 3. The summed E-state index contributed by atoms with van der Waals surface area (Å²) in [6.45, 7) is 0.445. The van der Waals surface area contributed by atoms with Gasteiger partial charge in [0.1, 0.15) is 0 Å². The molecule has 2 nitrogen and oxygen atoms in total. The molecule has 0 aliphatic carbocycles. The average molecular weight is 359 g/mol. The van der Waals surface area contributed by atoms with Gasteiger partial charge in [-0.05, 0) is 29.8 Å². The van der Waals surface area contributed by atoms with Crippen molar-refractivity contribution in [2.24, 2.45) is 0 Å². The minimum Gasteiger partial charge on any atom is -0.348 e. The molecule has 0 spiro atoms. The van der Waals surface area contributed by atoms with Gasteiger partial charge in [0, 0.05) is 16.6 Å². The smallest absolute Gasteiger partial charge is 0.251 e. The summed E-state index contributed by atoms with van der Waals surface area (Å²) in [5.41, 5.74) is 1.50. The number of carbonyl (C=O) groups excluding carboxylic acids is 1. The highest BCUT2D eigenvalue weighted by Gasteiger charge is 2.08. The number of amides is 1. The molecule has 98 valence electrons. The second-order valence-electron chi connectivity index (χ2n) is 3.90. The lowest BCUT2D eigenvalue weighted by atomic mass is 10.2. The van der Waals surface area contributed by atoms with Crippen molar-refractivity contribution in [3.63, 3.8) is 0 Å². The zero-order chi connectivity index (χ0) is 13.8. The fourth-order valence-corrected chi connectivity index (χ4v) is 2.28. The third kappa shape index (κ3) is 3.72. The van der Waals surface area contributed by atoms with Gasteiger partial charge in [-0.25, -0.2) is 0 Å². The van der Waals surface area contributed by atoms with Crippen LogP contribution in [0.15, 0.2) is 46.9 Å². The van der Waals surface area contributed by atoms with E-state index in [0.717, 1.165) is 10.0 Å². The highest BCUT2D eigenvalue weighted by molar-refractivity contribution is 9.10. The lowest BCUT2D eigenvalue weighted by Gasteiger charge is -2.07. The first-order valence-electron chi connectivity index (χ1n) is 5.54. The fraction of sp³-hybridized carbons (Fsp3) is 0.0714. The molecule has 0 heterocycles. The summed E-state index contributed by atoms with van der Waals surface area (Å²) in [5, 5.41) is 3.64. The minimum absolute atomic E-state index is 0.186. The van der Waals surface area contributed by atoms with Crippen LogP contribution < -0.4 is 5.32 Å². The van der Waals surface area contributed by atoms with Crippen molar-refractivity contribution in [2.45, 2.75) is 6.54 Å². The van der Waals surface area contributed by atoms with Gasteiger partial charge in [-0.2, -0.15) is 0 Å². The summed E-state index contributed by atoms with van der Waals surface area (Å²) in [7, 11) is 0.